The van der Waals surface area contributed by atoms with E-state index in [0.29, 0.717) is 6.42 Å². The van der Waals surface area contributed by atoms with Crippen LogP contribution in [0.4, 0.5) is 5.69 Å². The Morgan fingerprint density at radius 3 is 3.00 bits per heavy atom. The number of nitrogens with two attached hydrogens (primary N) is 1. The molecule has 5 heteroatoms. The van der Waals surface area contributed by atoms with E-state index in [2.05, 4.69) is 10.6 Å². The lowest BCUT2D eigenvalue weighted by atomic mass is 9.91. The van der Waals surface area contributed by atoms with E-state index < -0.39 is 17.6 Å². The van der Waals surface area contributed by atoms with E-state index in [1.165, 1.54) is 0 Å². The molecule has 0 saturated carbocycles. The van der Waals surface area contributed by atoms with Gasteiger partial charge >= 0.3 is 0 Å². The summed E-state index contributed by atoms with van der Waals surface area (Å²) in [6, 6.07) is 7.08. The van der Waals surface area contributed by atoms with Gasteiger partial charge in [0.25, 0.3) is 0 Å². The van der Waals surface area contributed by atoms with Crippen molar-refractivity contribution in [2.75, 3.05) is 5.32 Å². The van der Waals surface area contributed by atoms with Crippen molar-refractivity contribution in [2.24, 2.45) is 5.73 Å². The molecule has 5 nitrogen and oxygen atoms in total. The first kappa shape index (κ1) is 9.62. The predicted molar refractivity (Wildman–Crippen MR) is 58.5 cm³/mol. The van der Waals surface area contributed by atoms with Crippen LogP contribution in [0.1, 0.15) is 12.0 Å². The number of aliphatic hydroxyl groups is 1. The molecule has 1 amide bonds. The molecule has 2 aliphatic rings. The predicted octanol–water partition coefficient (Wildman–Crippen LogP) is -0.527. The van der Waals surface area contributed by atoms with Gasteiger partial charge in [0.15, 0.2) is 0 Å². The molecule has 1 saturated heterocycles. The number of anilines is 1. The Morgan fingerprint density at radius 2 is 2.25 bits per heavy atom. The van der Waals surface area contributed by atoms with E-state index >= 15 is 0 Å². The third-order valence-corrected chi connectivity index (χ3v) is 3.40. The Balaban J connectivity index is 2.01. The van der Waals surface area contributed by atoms with E-state index in [1.807, 2.05) is 24.3 Å². The van der Waals surface area contributed by atoms with Crippen LogP contribution in [0.5, 0.6) is 0 Å². The first-order chi connectivity index (χ1) is 7.61. The molecule has 1 aromatic rings. The third-order valence-electron chi connectivity index (χ3n) is 3.40. The fraction of sp³-hybridized carbons (Fsp3) is 0.364. The van der Waals surface area contributed by atoms with Gasteiger partial charge in [0.05, 0.1) is 6.04 Å². The van der Waals surface area contributed by atoms with Gasteiger partial charge in [-0.2, -0.15) is 0 Å². The molecular formula is C11H13N3O2. The largest absolute Gasteiger partial charge is 0.381 e. The van der Waals surface area contributed by atoms with Crippen molar-refractivity contribution in [3.63, 3.8) is 0 Å². The molecule has 2 heterocycles. The van der Waals surface area contributed by atoms with Gasteiger partial charge in [0.2, 0.25) is 5.91 Å². The summed E-state index contributed by atoms with van der Waals surface area (Å²) in [6.07, 6.45) is -0.0146. The van der Waals surface area contributed by atoms with Crippen LogP contribution in [0.3, 0.4) is 0 Å². The number of fused-ring (bicyclic) bond motifs is 3. The molecule has 0 spiro atoms. The van der Waals surface area contributed by atoms with Gasteiger partial charge in [-0.05, 0) is 6.07 Å². The second-order valence-corrected chi connectivity index (χ2v) is 4.37. The Labute approximate surface area is 92.6 Å². The highest BCUT2D eigenvalue weighted by atomic mass is 16.3. The molecule has 0 radical (unpaired) electrons. The van der Waals surface area contributed by atoms with E-state index in [-0.39, 0.29) is 6.17 Å². The maximum Gasteiger partial charge on any atom is 0.234 e. The normalized spacial score (nSPS) is 35.3. The van der Waals surface area contributed by atoms with Crippen molar-refractivity contribution in [3.8, 4) is 0 Å². The van der Waals surface area contributed by atoms with Crippen molar-refractivity contribution in [3.05, 3.63) is 29.8 Å². The van der Waals surface area contributed by atoms with Crippen molar-refractivity contribution in [1.82, 2.24) is 5.32 Å². The van der Waals surface area contributed by atoms with Crippen LogP contribution in [-0.2, 0) is 10.4 Å². The summed E-state index contributed by atoms with van der Waals surface area (Å²) in [5, 5.41) is 16.7. The molecule has 2 aliphatic heterocycles. The Bertz CT molecular complexity index is 462. The molecule has 84 valence electrons. The van der Waals surface area contributed by atoms with Gasteiger partial charge in [-0.15, -0.1) is 0 Å². The summed E-state index contributed by atoms with van der Waals surface area (Å²) < 4.78 is 0. The Morgan fingerprint density at radius 1 is 1.50 bits per heavy atom. The van der Waals surface area contributed by atoms with Crippen molar-refractivity contribution in [2.45, 2.75) is 24.2 Å². The van der Waals surface area contributed by atoms with Crippen LogP contribution in [-0.4, -0.2) is 23.2 Å². The standard InChI is InChI=1S/C11H13N3O2/c12-9(15)8-5-11(16)6-3-1-2-4-7(6)13-10(11)14-8/h1-4,8,10,13-14,16H,5H2,(H2,12,15)/t8-,10+,11-/m0/s1. The van der Waals surface area contributed by atoms with Gasteiger partial charge in [0.1, 0.15) is 11.8 Å². The summed E-state index contributed by atoms with van der Waals surface area (Å²) in [4.78, 5) is 11.1. The van der Waals surface area contributed by atoms with Crippen molar-refractivity contribution in [1.29, 1.82) is 0 Å². The van der Waals surface area contributed by atoms with Gasteiger partial charge in [-0.25, -0.2) is 0 Å². The second-order valence-electron chi connectivity index (χ2n) is 4.37. The Kier molecular flexibility index (Phi) is 1.78. The molecule has 3 rings (SSSR count). The molecule has 1 aromatic carbocycles. The minimum atomic E-state index is -1.03. The molecule has 16 heavy (non-hydrogen) atoms. The van der Waals surface area contributed by atoms with Crippen LogP contribution >= 0.6 is 0 Å². The summed E-state index contributed by atoms with van der Waals surface area (Å²) in [7, 11) is 0. The molecule has 0 aromatic heterocycles. The van der Waals surface area contributed by atoms with E-state index in [0.717, 1.165) is 11.3 Å². The molecule has 0 unspecified atom stereocenters. The van der Waals surface area contributed by atoms with Crippen LogP contribution in [0, 0.1) is 0 Å². The highest BCUT2D eigenvalue weighted by Gasteiger charge is 2.53. The van der Waals surface area contributed by atoms with Crippen molar-refractivity contribution >= 4 is 11.6 Å². The van der Waals surface area contributed by atoms with Gasteiger partial charge in [-0.3, -0.25) is 10.1 Å². The number of amides is 1. The SMILES string of the molecule is NC(=O)[C@@H]1C[C@]2(O)c3ccccc3N[C@@H]2N1. The maximum absolute atomic E-state index is 11.1. The number of hydrogen-bond acceptors (Lipinski definition) is 4. The zero-order valence-corrected chi connectivity index (χ0v) is 8.60. The molecular weight excluding hydrogens is 206 g/mol. The summed E-state index contributed by atoms with van der Waals surface area (Å²) in [5.41, 5.74) is 5.95. The van der Waals surface area contributed by atoms with Gasteiger partial charge < -0.3 is 16.2 Å². The minimum Gasteiger partial charge on any atom is -0.381 e. The van der Waals surface area contributed by atoms with E-state index in [1.54, 1.807) is 0 Å². The Hall–Kier alpha value is -1.59. The lowest BCUT2D eigenvalue weighted by Gasteiger charge is -2.21. The number of benzene rings is 1. The monoisotopic (exact) mass is 219 g/mol. The third kappa shape index (κ3) is 1.10. The first-order valence-corrected chi connectivity index (χ1v) is 5.25. The fourth-order valence-corrected chi connectivity index (χ4v) is 2.58. The zero-order valence-electron chi connectivity index (χ0n) is 8.60. The zero-order chi connectivity index (χ0) is 11.3. The van der Waals surface area contributed by atoms with Gasteiger partial charge in [0, 0.05) is 17.7 Å². The van der Waals surface area contributed by atoms with E-state index in [9.17, 15) is 9.90 Å². The molecule has 3 atom stereocenters. The summed E-state index contributed by atoms with van der Waals surface area (Å²) in [5.74, 6) is -0.429. The number of nitrogens with one attached hydrogen (secondary N) is 2. The number of hydrogen-bond donors (Lipinski definition) is 4. The number of primary amides is 1. The quantitative estimate of drug-likeness (QED) is 0.511. The molecule has 1 fully saturated rings. The summed E-state index contributed by atoms with van der Waals surface area (Å²) in [6.45, 7) is 0. The fourth-order valence-electron chi connectivity index (χ4n) is 2.58. The van der Waals surface area contributed by atoms with Gasteiger partial charge in [-0.1, -0.05) is 18.2 Å². The minimum absolute atomic E-state index is 0.316. The average Bonchev–Trinajstić information content (AvgIpc) is 2.69. The lowest BCUT2D eigenvalue weighted by molar-refractivity contribution is -0.120. The van der Waals surface area contributed by atoms with Crippen LogP contribution in [0.15, 0.2) is 24.3 Å². The topological polar surface area (TPSA) is 87.4 Å². The summed E-state index contributed by atoms with van der Waals surface area (Å²) >= 11 is 0. The number of carbonyl (C=O) groups excluding carboxylic acids is 1. The van der Waals surface area contributed by atoms with Crippen LogP contribution in [0.2, 0.25) is 0 Å². The lowest BCUT2D eigenvalue weighted by Crippen LogP contribution is -2.44. The highest BCUT2D eigenvalue weighted by molar-refractivity contribution is 5.81. The number of rotatable bonds is 1. The molecule has 0 aliphatic carbocycles. The van der Waals surface area contributed by atoms with Crippen LogP contribution in [0.25, 0.3) is 0 Å². The first-order valence-electron chi connectivity index (χ1n) is 5.25. The number of carbonyl (C=O) groups is 1. The molecule has 0 bridgehead atoms. The van der Waals surface area contributed by atoms with Crippen LogP contribution < -0.4 is 16.4 Å². The smallest absolute Gasteiger partial charge is 0.234 e. The van der Waals surface area contributed by atoms with Crippen molar-refractivity contribution < 1.29 is 9.90 Å². The van der Waals surface area contributed by atoms with E-state index in [4.69, 9.17) is 5.73 Å². The highest BCUT2D eigenvalue weighted by Crippen LogP contribution is 2.44. The maximum atomic E-state index is 11.1. The molecule has 5 N–H and O–H groups in total. The number of para-hydroxylation sites is 1. The average molecular weight is 219 g/mol. The second kappa shape index (κ2) is 2.96.